The summed E-state index contributed by atoms with van der Waals surface area (Å²) in [5.41, 5.74) is 2.96. The van der Waals surface area contributed by atoms with E-state index in [1.807, 2.05) is 44.2 Å². The van der Waals surface area contributed by atoms with Gasteiger partial charge in [-0.2, -0.15) is 0 Å². The number of hydrogen-bond donors (Lipinski definition) is 2. The molecule has 1 amide bonds. The lowest BCUT2D eigenvalue weighted by atomic mass is 9.91. The molecule has 0 saturated heterocycles. The summed E-state index contributed by atoms with van der Waals surface area (Å²) < 4.78 is 0. The second-order valence-corrected chi connectivity index (χ2v) is 8.14. The minimum atomic E-state index is -0.404. The molecule has 0 radical (unpaired) electrons. The Hall–Kier alpha value is -2.81. The summed E-state index contributed by atoms with van der Waals surface area (Å²) in [4.78, 5) is 12.6. The zero-order valence-electron chi connectivity index (χ0n) is 17.1. The van der Waals surface area contributed by atoms with Gasteiger partial charge in [-0.25, -0.2) is 0 Å². The van der Waals surface area contributed by atoms with Crippen LogP contribution in [0.5, 0.6) is 5.75 Å². The fourth-order valence-corrected chi connectivity index (χ4v) is 3.57. The number of hydrogen-bond acceptors (Lipinski definition) is 2. The van der Waals surface area contributed by atoms with Crippen molar-refractivity contribution in [2.45, 2.75) is 46.1 Å². The predicted molar refractivity (Wildman–Crippen MR) is 116 cm³/mol. The first kappa shape index (κ1) is 19.9. The molecular weight excluding hydrogens is 346 g/mol. The standard InChI is InChI=1S/C25H29NO2/c1-16(2)15-23(28)26-25(20-11-9-18(10-12-20)17(3)4)24-21-8-6-5-7-19(21)13-14-22(24)27/h5-14,16-17,25,27H,15H2,1-4H3,(H,26,28)/t25-/m1/s1. The highest BCUT2D eigenvalue weighted by Gasteiger charge is 2.23. The molecule has 0 heterocycles. The van der Waals surface area contributed by atoms with Gasteiger partial charge in [-0.1, -0.05) is 82.3 Å². The molecule has 2 N–H and O–H groups in total. The second kappa shape index (κ2) is 8.47. The van der Waals surface area contributed by atoms with Crippen LogP contribution in [-0.2, 0) is 4.79 Å². The van der Waals surface area contributed by atoms with Crippen molar-refractivity contribution in [2.75, 3.05) is 0 Å². The van der Waals surface area contributed by atoms with Crippen molar-refractivity contribution in [3.8, 4) is 5.75 Å². The van der Waals surface area contributed by atoms with E-state index in [1.54, 1.807) is 6.07 Å². The van der Waals surface area contributed by atoms with Gasteiger partial charge in [-0.3, -0.25) is 4.79 Å². The molecule has 3 aromatic rings. The Morgan fingerprint density at radius 1 is 0.893 bits per heavy atom. The molecule has 0 unspecified atom stereocenters. The minimum Gasteiger partial charge on any atom is -0.508 e. The number of nitrogens with one attached hydrogen (secondary N) is 1. The summed E-state index contributed by atoms with van der Waals surface area (Å²) in [6.45, 7) is 8.38. The quantitative estimate of drug-likeness (QED) is 0.562. The Morgan fingerprint density at radius 2 is 1.54 bits per heavy atom. The van der Waals surface area contributed by atoms with Crippen LogP contribution in [0, 0.1) is 5.92 Å². The van der Waals surface area contributed by atoms with E-state index in [9.17, 15) is 9.90 Å². The average Bonchev–Trinajstić information content (AvgIpc) is 2.66. The third-order valence-electron chi connectivity index (χ3n) is 5.07. The van der Waals surface area contributed by atoms with Gasteiger partial charge in [0.1, 0.15) is 5.75 Å². The largest absolute Gasteiger partial charge is 0.508 e. The number of phenolic OH excluding ortho intramolecular Hbond substituents is 1. The van der Waals surface area contributed by atoms with Gasteiger partial charge in [0.2, 0.25) is 5.91 Å². The summed E-state index contributed by atoms with van der Waals surface area (Å²) in [6.07, 6.45) is 0.451. The lowest BCUT2D eigenvalue weighted by molar-refractivity contribution is -0.122. The van der Waals surface area contributed by atoms with Crippen molar-refractivity contribution in [1.29, 1.82) is 0 Å². The molecule has 3 nitrogen and oxygen atoms in total. The van der Waals surface area contributed by atoms with Crippen LogP contribution in [0.15, 0.2) is 60.7 Å². The number of carbonyl (C=O) groups excluding carboxylic acids is 1. The maximum Gasteiger partial charge on any atom is 0.221 e. The fourth-order valence-electron chi connectivity index (χ4n) is 3.57. The van der Waals surface area contributed by atoms with Crippen molar-refractivity contribution in [2.24, 2.45) is 5.92 Å². The number of amides is 1. The van der Waals surface area contributed by atoms with Crippen LogP contribution in [0.1, 0.15) is 62.8 Å². The van der Waals surface area contributed by atoms with Crippen LogP contribution in [0.4, 0.5) is 0 Å². The molecule has 0 bridgehead atoms. The molecule has 1 atom stereocenters. The zero-order valence-corrected chi connectivity index (χ0v) is 17.1. The van der Waals surface area contributed by atoms with Gasteiger partial charge in [-0.05, 0) is 39.8 Å². The molecule has 0 fully saturated rings. The van der Waals surface area contributed by atoms with Gasteiger partial charge >= 0.3 is 0 Å². The van der Waals surface area contributed by atoms with Gasteiger partial charge in [-0.15, -0.1) is 0 Å². The van der Waals surface area contributed by atoms with Gasteiger partial charge in [0.25, 0.3) is 0 Å². The SMILES string of the molecule is CC(C)CC(=O)N[C@H](c1ccc(C(C)C)cc1)c1c(O)ccc2ccccc12. The first-order valence-electron chi connectivity index (χ1n) is 9.96. The molecule has 146 valence electrons. The van der Waals surface area contributed by atoms with Crippen molar-refractivity contribution >= 4 is 16.7 Å². The third kappa shape index (κ3) is 4.36. The smallest absolute Gasteiger partial charge is 0.221 e. The Bertz CT molecular complexity index is 958. The third-order valence-corrected chi connectivity index (χ3v) is 5.07. The maximum atomic E-state index is 12.6. The number of benzene rings is 3. The molecule has 3 heteroatoms. The van der Waals surface area contributed by atoms with Crippen molar-refractivity contribution in [3.05, 3.63) is 77.4 Å². The summed E-state index contributed by atoms with van der Waals surface area (Å²) in [7, 11) is 0. The molecule has 0 aliphatic heterocycles. The van der Waals surface area contributed by atoms with Crippen molar-refractivity contribution in [3.63, 3.8) is 0 Å². The molecular formula is C25H29NO2. The van der Waals surface area contributed by atoms with E-state index in [1.165, 1.54) is 5.56 Å². The first-order valence-corrected chi connectivity index (χ1v) is 9.96. The lowest BCUT2D eigenvalue weighted by Crippen LogP contribution is -2.30. The van der Waals surface area contributed by atoms with Gasteiger partial charge in [0, 0.05) is 12.0 Å². The summed E-state index contributed by atoms with van der Waals surface area (Å²) >= 11 is 0. The van der Waals surface area contributed by atoms with Crippen LogP contribution in [-0.4, -0.2) is 11.0 Å². The van der Waals surface area contributed by atoms with E-state index in [4.69, 9.17) is 0 Å². The lowest BCUT2D eigenvalue weighted by Gasteiger charge is -2.23. The molecule has 0 saturated carbocycles. The molecule has 0 spiro atoms. The van der Waals surface area contributed by atoms with Gasteiger partial charge in [0.05, 0.1) is 6.04 Å². The number of aromatic hydroxyl groups is 1. The van der Waals surface area contributed by atoms with E-state index in [-0.39, 0.29) is 17.6 Å². The van der Waals surface area contributed by atoms with E-state index in [2.05, 4.69) is 43.4 Å². The van der Waals surface area contributed by atoms with E-state index in [0.717, 1.165) is 21.9 Å². The van der Waals surface area contributed by atoms with Crippen molar-refractivity contribution < 1.29 is 9.90 Å². The van der Waals surface area contributed by atoms with Gasteiger partial charge in [0.15, 0.2) is 0 Å². The van der Waals surface area contributed by atoms with Crippen LogP contribution >= 0.6 is 0 Å². The Labute approximate surface area is 167 Å². The number of carbonyl (C=O) groups is 1. The van der Waals surface area contributed by atoms with E-state index >= 15 is 0 Å². The van der Waals surface area contributed by atoms with Crippen LogP contribution in [0.2, 0.25) is 0 Å². The van der Waals surface area contributed by atoms with E-state index < -0.39 is 6.04 Å². The molecule has 28 heavy (non-hydrogen) atoms. The van der Waals surface area contributed by atoms with E-state index in [0.29, 0.717) is 12.3 Å². The van der Waals surface area contributed by atoms with Crippen molar-refractivity contribution in [1.82, 2.24) is 5.32 Å². The Kier molecular flexibility index (Phi) is 6.03. The van der Waals surface area contributed by atoms with Gasteiger partial charge < -0.3 is 10.4 Å². The van der Waals surface area contributed by atoms with Crippen LogP contribution in [0.3, 0.4) is 0 Å². The predicted octanol–water partition coefficient (Wildman–Crippen LogP) is 5.92. The molecule has 3 aromatic carbocycles. The molecule has 0 aliphatic rings. The summed E-state index contributed by atoms with van der Waals surface area (Å²) in [5.74, 6) is 0.890. The second-order valence-electron chi connectivity index (χ2n) is 8.14. The summed E-state index contributed by atoms with van der Waals surface area (Å²) in [5, 5.41) is 15.9. The number of rotatable bonds is 6. The molecule has 0 aromatic heterocycles. The first-order chi connectivity index (χ1) is 13.4. The molecule has 0 aliphatic carbocycles. The zero-order chi connectivity index (χ0) is 20.3. The highest BCUT2D eigenvalue weighted by molar-refractivity contribution is 5.89. The highest BCUT2D eigenvalue weighted by atomic mass is 16.3. The van der Waals surface area contributed by atoms with Crippen LogP contribution in [0.25, 0.3) is 10.8 Å². The molecule has 3 rings (SSSR count). The Morgan fingerprint density at radius 3 is 2.18 bits per heavy atom. The topological polar surface area (TPSA) is 49.3 Å². The Balaban J connectivity index is 2.11. The van der Waals surface area contributed by atoms with Crippen LogP contribution < -0.4 is 5.32 Å². The average molecular weight is 376 g/mol. The number of phenols is 1. The highest BCUT2D eigenvalue weighted by Crippen LogP contribution is 2.36. The monoisotopic (exact) mass is 375 g/mol. The maximum absolute atomic E-state index is 12.6. The normalized spacial score (nSPS) is 12.5. The summed E-state index contributed by atoms with van der Waals surface area (Å²) in [6, 6.07) is 19.5. The minimum absolute atomic E-state index is 0.0136. The number of fused-ring (bicyclic) bond motifs is 1. The fraction of sp³-hybridized carbons (Fsp3) is 0.320.